The lowest BCUT2D eigenvalue weighted by Crippen LogP contribution is -1.99. The molecule has 0 amide bonds. The number of halogens is 1. The third-order valence-electron chi connectivity index (χ3n) is 3.03. The molecule has 0 bridgehead atoms. The number of nitrogens with two attached hydrogens (primary N) is 1. The third-order valence-corrected chi connectivity index (χ3v) is 3.72. The Hall–Kier alpha value is -2.21. The van der Waals surface area contributed by atoms with Crippen molar-refractivity contribution >= 4 is 32.9 Å². The first-order chi connectivity index (χ1) is 9.54. The van der Waals surface area contributed by atoms with E-state index in [0.717, 1.165) is 26.7 Å². The van der Waals surface area contributed by atoms with Crippen molar-refractivity contribution in [3.8, 4) is 16.9 Å². The van der Waals surface area contributed by atoms with Crippen molar-refractivity contribution in [1.82, 2.24) is 15.2 Å². The summed E-state index contributed by atoms with van der Waals surface area (Å²) in [7, 11) is 0. The molecule has 0 atom stereocenters. The summed E-state index contributed by atoms with van der Waals surface area (Å²) < 4.78 is 0.894. The number of aromatic nitrogens is 3. The maximum Gasteiger partial charge on any atom is 0.240 e. The molecule has 0 saturated carbocycles. The van der Waals surface area contributed by atoms with Gasteiger partial charge in [-0.2, -0.15) is 0 Å². The van der Waals surface area contributed by atoms with Gasteiger partial charge in [-0.3, -0.25) is 0 Å². The normalized spacial score (nSPS) is 10.9. The van der Waals surface area contributed by atoms with Crippen molar-refractivity contribution in [2.24, 2.45) is 0 Å². The summed E-state index contributed by atoms with van der Waals surface area (Å²) >= 11 is 3.48. The molecule has 3 aromatic rings. The molecule has 0 spiro atoms. The van der Waals surface area contributed by atoms with Crippen molar-refractivity contribution in [1.29, 1.82) is 0 Å². The number of aryl methyl sites for hydroxylation is 1. The second kappa shape index (κ2) is 4.72. The highest BCUT2D eigenvalue weighted by Crippen LogP contribution is 2.33. The maximum atomic E-state index is 9.64. The van der Waals surface area contributed by atoms with Gasteiger partial charge in [0.05, 0.1) is 5.52 Å². The van der Waals surface area contributed by atoms with Crippen molar-refractivity contribution < 1.29 is 5.11 Å². The van der Waals surface area contributed by atoms with Crippen molar-refractivity contribution in [2.75, 3.05) is 5.73 Å². The molecule has 5 nitrogen and oxygen atoms in total. The molecule has 0 aliphatic carbocycles. The van der Waals surface area contributed by atoms with Crippen LogP contribution >= 0.6 is 15.9 Å². The van der Waals surface area contributed by atoms with Gasteiger partial charge in [-0.15, -0.1) is 10.2 Å². The average molecular weight is 331 g/mol. The molecule has 100 valence electrons. The predicted octanol–water partition coefficient (Wildman–Crippen LogP) is 3.05. The summed E-state index contributed by atoms with van der Waals surface area (Å²) in [5, 5.41) is 17.5. The van der Waals surface area contributed by atoms with Crippen LogP contribution in [0, 0.1) is 6.92 Å². The molecule has 1 aromatic heterocycles. The summed E-state index contributed by atoms with van der Waals surface area (Å²) in [5.41, 5.74) is 9.73. The zero-order valence-electron chi connectivity index (χ0n) is 10.6. The van der Waals surface area contributed by atoms with E-state index in [1.165, 1.54) is 0 Å². The Bertz CT molecular complexity index is 820. The summed E-state index contributed by atoms with van der Waals surface area (Å²) in [4.78, 5) is 4.19. The first-order valence-electron chi connectivity index (χ1n) is 5.94. The SMILES string of the molecule is Cc1cc(-c2cc(O)ccc2Br)cc2nnc(N)nc12. The fourth-order valence-corrected chi connectivity index (χ4v) is 2.59. The van der Waals surface area contributed by atoms with Crippen LogP contribution in [-0.4, -0.2) is 20.3 Å². The van der Waals surface area contributed by atoms with E-state index in [4.69, 9.17) is 5.73 Å². The first kappa shape index (κ1) is 12.8. The molecule has 20 heavy (non-hydrogen) atoms. The fourth-order valence-electron chi connectivity index (χ4n) is 2.11. The van der Waals surface area contributed by atoms with E-state index < -0.39 is 0 Å². The molecule has 3 N–H and O–H groups in total. The van der Waals surface area contributed by atoms with Gasteiger partial charge >= 0.3 is 0 Å². The molecule has 3 rings (SSSR count). The van der Waals surface area contributed by atoms with E-state index >= 15 is 0 Å². The Morgan fingerprint density at radius 2 is 1.95 bits per heavy atom. The Morgan fingerprint density at radius 1 is 1.15 bits per heavy atom. The van der Waals surface area contributed by atoms with Gasteiger partial charge in [0.25, 0.3) is 0 Å². The highest BCUT2D eigenvalue weighted by atomic mass is 79.9. The Morgan fingerprint density at radius 3 is 2.75 bits per heavy atom. The summed E-state index contributed by atoms with van der Waals surface area (Å²) in [6.07, 6.45) is 0. The molecule has 6 heteroatoms. The van der Waals surface area contributed by atoms with E-state index in [-0.39, 0.29) is 11.7 Å². The smallest absolute Gasteiger partial charge is 0.240 e. The summed E-state index contributed by atoms with van der Waals surface area (Å²) in [6, 6.07) is 8.99. The van der Waals surface area contributed by atoms with Crippen LogP contribution in [0.15, 0.2) is 34.8 Å². The number of hydrogen-bond donors (Lipinski definition) is 2. The Balaban J connectivity index is 2.27. The van der Waals surface area contributed by atoms with Crippen LogP contribution in [0.5, 0.6) is 5.75 Å². The second-order valence-electron chi connectivity index (χ2n) is 4.50. The molecule has 1 heterocycles. The van der Waals surface area contributed by atoms with Gasteiger partial charge in [0.1, 0.15) is 11.3 Å². The standard InChI is InChI=1S/C14H11BrN4O/c1-7-4-8(10-6-9(20)2-3-11(10)15)5-12-13(7)17-14(16)19-18-12/h2-6,20H,1H3,(H2,16,17,19). The summed E-state index contributed by atoms with van der Waals surface area (Å²) in [5.74, 6) is 0.370. The molecular formula is C14H11BrN4O. The van der Waals surface area contributed by atoms with Gasteiger partial charge < -0.3 is 10.8 Å². The van der Waals surface area contributed by atoms with Crippen LogP contribution in [0.1, 0.15) is 5.56 Å². The highest BCUT2D eigenvalue weighted by Gasteiger charge is 2.09. The number of aromatic hydroxyl groups is 1. The van der Waals surface area contributed by atoms with Crippen molar-refractivity contribution in [3.63, 3.8) is 0 Å². The van der Waals surface area contributed by atoms with Crippen LogP contribution in [0.4, 0.5) is 5.95 Å². The zero-order chi connectivity index (χ0) is 14.3. The molecule has 0 fully saturated rings. The number of anilines is 1. The monoisotopic (exact) mass is 330 g/mol. The van der Waals surface area contributed by atoms with Crippen LogP contribution in [0.25, 0.3) is 22.2 Å². The Kier molecular flexibility index (Phi) is 3.02. The molecule has 0 aliphatic rings. The molecule has 0 radical (unpaired) electrons. The van der Waals surface area contributed by atoms with Gasteiger partial charge in [0.15, 0.2) is 0 Å². The van der Waals surface area contributed by atoms with Crippen LogP contribution in [-0.2, 0) is 0 Å². The lowest BCUT2D eigenvalue weighted by Gasteiger charge is -2.08. The number of rotatable bonds is 1. The van der Waals surface area contributed by atoms with E-state index in [1.807, 2.05) is 19.1 Å². The van der Waals surface area contributed by atoms with Gasteiger partial charge in [0.2, 0.25) is 5.95 Å². The highest BCUT2D eigenvalue weighted by molar-refractivity contribution is 9.10. The minimum absolute atomic E-state index is 0.159. The quantitative estimate of drug-likeness (QED) is 0.716. The molecular weight excluding hydrogens is 320 g/mol. The fraction of sp³-hybridized carbons (Fsp3) is 0.0714. The van der Waals surface area contributed by atoms with Gasteiger partial charge in [-0.05, 0) is 53.9 Å². The number of phenolic OH excluding ortho intramolecular Hbond substituents is 1. The largest absolute Gasteiger partial charge is 0.508 e. The number of nitrogen functional groups attached to an aromatic ring is 1. The van der Waals surface area contributed by atoms with Crippen LogP contribution in [0.2, 0.25) is 0 Å². The first-order valence-corrected chi connectivity index (χ1v) is 6.73. The molecule has 2 aromatic carbocycles. The van der Waals surface area contributed by atoms with E-state index in [1.54, 1.807) is 18.2 Å². The zero-order valence-corrected chi connectivity index (χ0v) is 12.2. The molecule has 0 aliphatic heterocycles. The number of benzene rings is 2. The second-order valence-corrected chi connectivity index (χ2v) is 5.35. The Labute approximate surface area is 123 Å². The number of hydrogen-bond acceptors (Lipinski definition) is 5. The molecule has 0 saturated heterocycles. The maximum absolute atomic E-state index is 9.64. The lowest BCUT2D eigenvalue weighted by atomic mass is 10.0. The minimum atomic E-state index is 0.159. The van der Waals surface area contributed by atoms with Gasteiger partial charge in [-0.1, -0.05) is 15.9 Å². The predicted molar refractivity (Wildman–Crippen MR) is 81.3 cm³/mol. The van der Waals surface area contributed by atoms with E-state index in [9.17, 15) is 5.11 Å². The minimum Gasteiger partial charge on any atom is -0.508 e. The van der Waals surface area contributed by atoms with Gasteiger partial charge in [-0.25, -0.2) is 4.98 Å². The lowest BCUT2D eigenvalue weighted by molar-refractivity contribution is 0.475. The third kappa shape index (κ3) is 2.18. The topological polar surface area (TPSA) is 84.9 Å². The molecule has 0 unspecified atom stereocenters. The van der Waals surface area contributed by atoms with Crippen molar-refractivity contribution in [2.45, 2.75) is 6.92 Å². The number of phenols is 1. The van der Waals surface area contributed by atoms with Crippen LogP contribution in [0.3, 0.4) is 0 Å². The summed E-state index contributed by atoms with van der Waals surface area (Å²) in [6.45, 7) is 1.94. The number of fused-ring (bicyclic) bond motifs is 1. The van der Waals surface area contributed by atoms with E-state index in [2.05, 4.69) is 31.1 Å². The average Bonchev–Trinajstić information content (AvgIpc) is 2.42. The van der Waals surface area contributed by atoms with Crippen LogP contribution < -0.4 is 5.73 Å². The van der Waals surface area contributed by atoms with Gasteiger partial charge in [0, 0.05) is 4.47 Å². The van der Waals surface area contributed by atoms with Crippen molar-refractivity contribution in [3.05, 3.63) is 40.4 Å². The van der Waals surface area contributed by atoms with E-state index in [0.29, 0.717) is 5.52 Å². The number of nitrogens with zero attached hydrogens (tertiary/aromatic N) is 3.